The Hall–Kier alpha value is -2.69. The van der Waals surface area contributed by atoms with Crippen molar-refractivity contribution in [2.45, 2.75) is 19.3 Å². The molecule has 2 aromatic rings. The number of hydrogen-bond acceptors (Lipinski definition) is 3. The van der Waals surface area contributed by atoms with Gasteiger partial charge in [0.25, 0.3) is 5.91 Å². The summed E-state index contributed by atoms with van der Waals surface area (Å²) in [5, 5.41) is 2.71. The van der Waals surface area contributed by atoms with E-state index in [2.05, 4.69) is 5.32 Å². The molecule has 0 aliphatic carbocycles. The van der Waals surface area contributed by atoms with Crippen molar-refractivity contribution in [3.8, 4) is 0 Å². The number of ether oxygens (including phenoxy) is 1. The highest BCUT2D eigenvalue weighted by atomic mass is 19.1. The molecule has 0 unspecified atom stereocenters. The van der Waals surface area contributed by atoms with E-state index in [1.807, 2.05) is 30.3 Å². The minimum atomic E-state index is -0.447. The van der Waals surface area contributed by atoms with Gasteiger partial charge in [-0.3, -0.25) is 9.59 Å². The summed E-state index contributed by atoms with van der Waals surface area (Å²) in [7, 11) is 0. The molecule has 0 atom stereocenters. The summed E-state index contributed by atoms with van der Waals surface area (Å²) in [5.74, 6) is -1.08. The second-order valence-corrected chi connectivity index (χ2v) is 5.37. The highest BCUT2D eigenvalue weighted by Gasteiger charge is 2.07. The molecule has 0 aromatic heterocycles. The number of amides is 1. The van der Waals surface area contributed by atoms with Crippen LogP contribution in [-0.2, 0) is 27.2 Å². The summed E-state index contributed by atoms with van der Waals surface area (Å²) in [6, 6.07) is 15.7. The molecular weight excluding hydrogens is 309 g/mol. The van der Waals surface area contributed by atoms with Crippen LogP contribution >= 0.6 is 0 Å². The summed E-state index contributed by atoms with van der Waals surface area (Å²) < 4.78 is 17.7. The van der Waals surface area contributed by atoms with Crippen LogP contribution in [0.15, 0.2) is 54.6 Å². The fourth-order valence-electron chi connectivity index (χ4n) is 2.16. The van der Waals surface area contributed by atoms with Crippen molar-refractivity contribution in [3.63, 3.8) is 0 Å². The van der Waals surface area contributed by atoms with Gasteiger partial charge in [-0.15, -0.1) is 0 Å². The van der Waals surface area contributed by atoms with Gasteiger partial charge in [-0.05, 0) is 36.1 Å². The molecule has 0 saturated carbocycles. The summed E-state index contributed by atoms with van der Waals surface area (Å²) in [5.41, 5.74) is 1.98. The highest BCUT2D eigenvalue weighted by Crippen LogP contribution is 2.06. The Morgan fingerprint density at radius 2 is 1.58 bits per heavy atom. The maximum absolute atomic E-state index is 12.8. The zero-order valence-corrected chi connectivity index (χ0v) is 13.3. The van der Waals surface area contributed by atoms with Crippen LogP contribution in [0.4, 0.5) is 4.39 Å². The molecule has 4 nitrogen and oxygen atoms in total. The summed E-state index contributed by atoms with van der Waals surface area (Å²) >= 11 is 0. The number of rotatable bonds is 8. The number of carbonyl (C=O) groups is 2. The molecule has 0 aliphatic heterocycles. The molecule has 2 aromatic carbocycles. The second-order valence-electron chi connectivity index (χ2n) is 5.37. The smallest absolute Gasteiger partial charge is 0.306 e. The topological polar surface area (TPSA) is 55.4 Å². The average Bonchev–Trinajstić information content (AvgIpc) is 2.60. The zero-order chi connectivity index (χ0) is 17.2. The molecule has 0 saturated heterocycles. The largest absolute Gasteiger partial charge is 0.456 e. The summed E-state index contributed by atoms with van der Waals surface area (Å²) in [6.07, 6.45) is 1.34. The van der Waals surface area contributed by atoms with E-state index in [1.54, 1.807) is 12.1 Å². The zero-order valence-electron chi connectivity index (χ0n) is 13.3. The predicted molar refractivity (Wildman–Crippen MR) is 88.8 cm³/mol. The van der Waals surface area contributed by atoms with Crippen LogP contribution < -0.4 is 5.32 Å². The van der Waals surface area contributed by atoms with Gasteiger partial charge in [0.1, 0.15) is 5.82 Å². The lowest BCUT2D eigenvalue weighted by Crippen LogP contribution is -2.30. The third kappa shape index (κ3) is 6.60. The van der Waals surface area contributed by atoms with Gasteiger partial charge in [0, 0.05) is 13.0 Å². The SMILES string of the molecule is O=C(COC(=O)CCc1ccc(F)cc1)NCCc1ccccc1. The fourth-order valence-corrected chi connectivity index (χ4v) is 2.16. The van der Waals surface area contributed by atoms with Crippen molar-refractivity contribution in [2.24, 2.45) is 0 Å². The lowest BCUT2D eigenvalue weighted by Gasteiger charge is -2.07. The number of esters is 1. The van der Waals surface area contributed by atoms with Gasteiger partial charge in [-0.25, -0.2) is 4.39 Å². The molecule has 0 heterocycles. The van der Waals surface area contributed by atoms with E-state index < -0.39 is 5.97 Å². The first kappa shape index (κ1) is 17.7. The maximum Gasteiger partial charge on any atom is 0.306 e. The van der Waals surface area contributed by atoms with Crippen molar-refractivity contribution in [1.29, 1.82) is 0 Å². The number of halogens is 1. The van der Waals surface area contributed by atoms with E-state index in [4.69, 9.17) is 4.74 Å². The molecule has 0 fully saturated rings. The van der Waals surface area contributed by atoms with Crippen molar-refractivity contribution < 1.29 is 18.7 Å². The number of benzene rings is 2. The van der Waals surface area contributed by atoms with Gasteiger partial charge in [0.15, 0.2) is 6.61 Å². The molecular formula is C19H20FNO3. The Balaban J connectivity index is 1.59. The van der Waals surface area contributed by atoms with Gasteiger partial charge < -0.3 is 10.1 Å². The molecule has 0 spiro atoms. The molecule has 1 N–H and O–H groups in total. The molecule has 24 heavy (non-hydrogen) atoms. The standard InChI is InChI=1S/C19H20FNO3/c20-17-9-6-16(7-10-17)8-11-19(23)24-14-18(22)21-13-12-15-4-2-1-3-5-15/h1-7,9-10H,8,11-14H2,(H,21,22). The Kier molecular flexibility index (Phi) is 6.95. The van der Waals surface area contributed by atoms with Crippen LogP contribution in [0.1, 0.15) is 17.5 Å². The number of carbonyl (C=O) groups excluding carboxylic acids is 2. The van der Waals surface area contributed by atoms with Crippen molar-refractivity contribution in [3.05, 3.63) is 71.5 Å². The third-order valence-electron chi connectivity index (χ3n) is 3.47. The van der Waals surface area contributed by atoms with Crippen LogP contribution in [-0.4, -0.2) is 25.0 Å². The van der Waals surface area contributed by atoms with E-state index in [9.17, 15) is 14.0 Å². The molecule has 0 bridgehead atoms. The van der Waals surface area contributed by atoms with E-state index in [0.29, 0.717) is 13.0 Å². The highest BCUT2D eigenvalue weighted by molar-refractivity contribution is 5.80. The van der Waals surface area contributed by atoms with Crippen molar-refractivity contribution in [2.75, 3.05) is 13.2 Å². The van der Waals surface area contributed by atoms with E-state index in [1.165, 1.54) is 12.1 Å². The third-order valence-corrected chi connectivity index (χ3v) is 3.47. The Morgan fingerprint density at radius 1 is 0.917 bits per heavy atom. The van der Waals surface area contributed by atoms with Crippen molar-refractivity contribution in [1.82, 2.24) is 5.32 Å². The lowest BCUT2D eigenvalue weighted by molar-refractivity contribution is -0.148. The van der Waals surface area contributed by atoms with E-state index in [0.717, 1.165) is 17.5 Å². The molecule has 0 aliphatic rings. The second kappa shape index (κ2) is 9.45. The predicted octanol–water partition coefficient (Wildman–Crippen LogP) is 2.66. The number of nitrogens with one attached hydrogen (secondary N) is 1. The van der Waals surface area contributed by atoms with Gasteiger partial charge in [0.2, 0.25) is 0 Å². The first-order valence-electron chi connectivity index (χ1n) is 7.84. The number of hydrogen-bond donors (Lipinski definition) is 1. The van der Waals surface area contributed by atoms with E-state index >= 15 is 0 Å². The van der Waals surface area contributed by atoms with Crippen molar-refractivity contribution >= 4 is 11.9 Å². The Labute approximate surface area is 140 Å². The first-order valence-corrected chi connectivity index (χ1v) is 7.84. The quantitative estimate of drug-likeness (QED) is 0.758. The minimum absolute atomic E-state index is 0.156. The van der Waals surface area contributed by atoms with Gasteiger partial charge >= 0.3 is 5.97 Å². The van der Waals surface area contributed by atoms with Crippen LogP contribution in [0.2, 0.25) is 0 Å². The average molecular weight is 329 g/mol. The van der Waals surface area contributed by atoms with Gasteiger partial charge in [0.05, 0.1) is 0 Å². The lowest BCUT2D eigenvalue weighted by atomic mass is 10.1. The van der Waals surface area contributed by atoms with Crippen LogP contribution in [0.25, 0.3) is 0 Å². The normalized spacial score (nSPS) is 10.2. The van der Waals surface area contributed by atoms with Crippen LogP contribution in [0, 0.1) is 5.82 Å². The molecule has 5 heteroatoms. The van der Waals surface area contributed by atoms with E-state index in [-0.39, 0.29) is 24.8 Å². The summed E-state index contributed by atoms with van der Waals surface area (Å²) in [4.78, 5) is 23.2. The molecule has 2 rings (SSSR count). The monoisotopic (exact) mass is 329 g/mol. The van der Waals surface area contributed by atoms with Crippen LogP contribution in [0.5, 0.6) is 0 Å². The summed E-state index contributed by atoms with van der Waals surface area (Å²) in [6.45, 7) is 0.215. The minimum Gasteiger partial charge on any atom is -0.456 e. The van der Waals surface area contributed by atoms with Crippen LogP contribution in [0.3, 0.4) is 0 Å². The van der Waals surface area contributed by atoms with Gasteiger partial charge in [-0.1, -0.05) is 42.5 Å². The van der Waals surface area contributed by atoms with Gasteiger partial charge in [-0.2, -0.15) is 0 Å². The molecule has 126 valence electrons. The fraction of sp³-hybridized carbons (Fsp3) is 0.263. The molecule has 1 amide bonds. The molecule has 0 radical (unpaired) electrons. The maximum atomic E-state index is 12.8. The Morgan fingerprint density at radius 3 is 2.29 bits per heavy atom. The Bertz CT molecular complexity index is 656. The first-order chi connectivity index (χ1) is 11.6. The number of aryl methyl sites for hydroxylation is 1.